The lowest BCUT2D eigenvalue weighted by molar-refractivity contribution is 0.102. The number of rotatable bonds is 5. The summed E-state index contributed by atoms with van der Waals surface area (Å²) >= 11 is 0. The summed E-state index contributed by atoms with van der Waals surface area (Å²) in [6, 6.07) is 7.96. The highest BCUT2D eigenvalue weighted by Gasteiger charge is 2.27. The highest BCUT2D eigenvalue weighted by molar-refractivity contribution is 6.03. The fraction of sp³-hybridized carbons (Fsp3) is 0.450. The van der Waals surface area contributed by atoms with Crippen LogP contribution in [0.3, 0.4) is 0 Å². The summed E-state index contributed by atoms with van der Waals surface area (Å²) in [7, 11) is 0. The lowest BCUT2D eigenvalue weighted by Crippen LogP contribution is -2.16. The van der Waals surface area contributed by atoms with Crippen molar-refractivity contribution in [2.75, 3.05) is 5.32 Å². The SMILES string of the molecule is CC(C)c1ccc(NC(=O)c2ccnc(C3CC3)n2)c(C(C)C)c1. The van der Waals surface area contributed by atoms with Crippen LogP contribution >= 0.6 is 0 Å². The molecule has 1 saturated carbocycles. The molecule has 1 amide bonds. The number of carbonyl (C=O) groups is 1. The van der Waals surface area contributed by atoms with E-state index in [1.54, 1.807) is 12.3 Å². The fourth-order valence-electron chi connectivity index (χ4n) is 2.76. The maximum absolute atomic E-state index is 12.6. The molecule has 0 saturated heterocycles. The molecule has 1 aromatic heterocycles. The number of benzene rings is 1. The van der Waals surface area contributed by atoms with Crippen LogP contribution in [0.25, 0.3) is 0 Å². The number of hydrogen-bond donors (Lipinski definition) is 1. The van der Waals surface area contributed by atoms with Crippen molar-refractivity contribution in [2.45, 2.75) is 58.3 Å². The monoisotopic (exact) mass is 323 g/mol. The van der Waals surface area contributed by atoms with Gasteiger partial charge in [-0.15, -0.1) is 0 Å². The quantitative estimate of drug-likeness (QED) is 0.855. The van der Waals surface area contributed by atoms with Gasteiger partial charge in [-0.05, 0) is 47.9 Å². The second-order valence-electron chi connectivity index (χ2n) is 7.18. The maximum Gasteiger partial charge on any atom is 0.274 e. The first-order chi connectivity index (χ1) is 11.5. The molecule has 0 bridgehead atoms. The van der Waals surface area contributed by atoms with Crippen molar-refractivity contribution in [1.29, 1.82) is 0 Å². The van der Waals surface area contributed by atoms with E-state index in [-0.39, 0.29) is 5.91 Å². The minimum absolute atomic E-state index is 0.168. The van der Waals surface area contributed by atoms with Crippen LogP contribution in [0, 0.1) is 0 Å². The summed E-state index contributed by atoms with van der Waals surface area (Å²) < 4.78 is 0. The average molecular weight is 323 g/mol. The van der Waals surface area contributed by atoms with Crippen LogP contribution in [-0.4, -0.2) is 15.9 Å². The molecule has 0 aliphatic heterocycles. The molecule has 0 radical (unpaired) electrons. The van der Waals surface area contributed by atoms with Crippen LogP contribution in [-0.2, 0) is 0 Å². The zero-order valence-electron chi connectivity index (χ0n) is 14.8. The van der Waals surface area contributed by atoms with Gasteiger partial charge in [0.15, 0.2) is 0 Å². The molecular formula is C20H25N3O. The van der Waals surface area contributed by atoms with Gasteiger partial charge >= 0.3 is 0 Å². The van der Waals surface area contributed by atoms with Gasteiger partial charge in [0.1, 0.15) is 11.5 Å². The standard InChI is InChI=1S/C20H25N3O/c1-12(2)15-7-8-17(16(11-15)13(3)4)23-20(24)18-9-10-21-19(22-18)14-5-6-14/h7-14H,5-6H2,1-4H3,(H,23,24). The summed E-state index contributed by atoms with van der Waals surface area (Å²) in [6.07, 6.45) is 3.93. The largest absolute Gasteiger partial charge is 0.320 e. The molecule has 1 aliphatic rings. The Hall–Kier alpha value is -2.23. The zero-order chi connectivity index (χ0) is 17.3. The van der Waals surface area contributed by atoms with E-state index >= 15 is 0 Å². The summed E-state index contributed by atoms with van der Waals surface area (Å²) in [6.45, 7) is 8.64. The normalized spacial score (nSPS) is 14.2. The number of hydrogen-bond acceptors (Lipinski definition) is 3. The number of nitrogens with one attached hydrogen (secondary N) is 1. The third-order valence-electron chi connectivity index (χ3n) is 4.46. The second-order valence-corrected chi connectivity index (χ2v) is 7.18. The van der Waals surface area contributed by atoms with Crippen molar-refractivity contribution in [1.82, 2.24) is 9.97 Å². The summed E-state index contributed by atoms with van der Waals surface area (Å²) in [5.41, 5.74) is 3.75. The third-order valence-corrected chi connectivity index (χ3v) is 4.46. The predicted octanol–water partition coefficient (Wildman–Crippen LogP) is 4.85. The Labute approximate surface area is 143 Å². The average Bonchev–Trinajstić information content (AvgIpc) is 3.39. The summed E-state index contributed by atoms with van der Waals surface area (Å²) in [5, 5.41) is 3.03. The van der Waals surface area contributed by atoms with E-state index in [0.29, 0.717) is 23.4 Å². The van der Waals surface area contributed by atoms with Gasteiger partial charge in [0.2, 0.25) is 0 Å². The first-order valence-electron chi connectivity index (χ1n) is 8.74. The zero-order valence-corrected chi connectivity index (χ0v) is 14.8. The lowest BCUT2D eigenvalue weighted by atomic mass is 9.94. The van der Waals surface area contributed by atoms with Gasteiger partial charge in [-0.3, -0.25) is 4.79 Å². The first kappa shape index (κ1) is 16.6. The molecule has 1 aliphatic carbocycles. The summed E-state index contributed by atoms with van der Waals surface area (Å²) in [5.74, 6) is 1.87. The number of nitrogens with zero attached hydrogens (tertiary/aromatic N) is 2. The highest BCUT2D eigenvalue weighted by atomic mass is 16.1. The van der Waals surface area contributed by atoms with E-state index in [9.17, 15) is 4.79 Å². The molecule has 0 atom stereocenters. The predicted molar refractivity (Wildman–Crippen MR) is 96.6 cm³/mol. The van der Waals surface area contributed by atoms with E-state index < -0.39 is 0 Å². The van der Waals surface area contributed by atoms with Gasteiger partial charge in [-0.1, -0.05) is 39.8 Å². The van der Waals surface area contributed by atoms with E-state index in [2.05, 4.69) is 55.1 Å². The van der Waals surface area contributed by atoms with Gasteiger partial charge in [0, 0.05) is 17.8 Å². The Morgan fingerprint density at radius 3 is 2.50 bits per heavy atom. The Balaban J connectivity index is 1.84. The van der Waals surface area contributed by atoms with Crippen LogP contribution in [0.1, 0.15) is 85.7 Å². The molecular weight excluding hydrogens is 298 g/mol. The minimum atomic E-state index is -0.168. The summed E-state index contributed by atoms with van der Waals surface area (Å²) in [4.78, 5) is 21.3. The lowest BCUT2D eigenvalue weighted by Gasteiger charge is -2.17. The van der Waals surface area contributed by atoms with Gasteiger partial charge in [0.25, 0.3) is 5.91 Å². The second kappa shape index (κ2) is 6.71. The van der Waals surface area contributed by atoms with Gasteiger partial charge in [-0.2, -0.15) is 0 Å². The van der Waals surface area contributed by atoms with E-state index in [1.165, 1.54) is 5.56 Å². The molecule has 1 heterocycles. The number of aromatic nitrogens is 2. The van der Waals surface area contributed by atoms with Crippen LogP contribution in [0.5, 0.6) is 0 Å². The molecule has 126 valence electrons. The van der Waals surface area contributed by atoms with Crippen LogP contribution in [0.2, 0.25) is 0 Å². The molecule has 3 rings (SSSR count). The molecule has 24 heavy (non-hydrogen) atoms. The van der Waals surface area contributed by atoms with Gasteiger partial charge in [-0.25, -0.2) is 9.97 Å². The van der Waals surface area contributed by atoms with E-state index in [0.717, 1.165) is 29.9 Å². The smallest absolute Gasteiger partial charge is 0.274 e. The number of amides is 1. The van der Waals surface area contributed by atoms with Crippen LogP contribution in [0.4, 0.5) is 5.69 Å². The third kappa shape index (κ3) is 3.64. The molecule has 1 N–H and O–H groups in total. The Bertz CT molecular complexity index is 748. The van der Waals surface area contributed by atoms with E-state index in [1.807, 2.05) is 6.07 Å². The van der Waals surface area contributed by atoms with Crippen LogP contribution < -0.4 is 5.32 Å². The van der Waals surface area contributed by atoms with Crippen molar-refractivity contribution in [2.24, 2.45) is 0 Å². The van der Waals surface area contributed by atoms with Crippen molar-refractivity contribution in [3.05, 3.63) is 53.1 Å². The molecule has 1 aromatic carbocycles. The Morgan fingerprint density at radius 1 is 1.12 bits per heavy atom. The minimum Gasteiger partial charge on any atom is -0.320 e. The molecule has 0 spiro atoms. The molecule has 0 unspecified atom stereocenters. The molecule has 4 nitrogen and oxygen atoms in total. The fourth-order valence-corrected chi connectivity index (χ4v) is 2.76. The Kier molecular flexibility index (Phi) is 4.65. The highest BCUT2D eigenvalue weighted by Crippen LogP contribution is 2.37. The molecule has 1 fully saturated rings. The van der Waals surface area contributed by atoms with Gasteiger partial charge in [0.05, 0.1) is 0 Å². The maximum atomic E-state index is 12.6. The van der Waals surface area contributed by atoms with Gasteiger partial charge < -0.3 is 5.32 Å². The molecule has 2 aromatic rings. The van der Waals surface area contributed by atoms with Crippen molar-refractivity contribution in [3.63, 3.8) is 0 Å². The molecule has 4 heteroatoms. The van der Waals surface area contributed by atoms with Crippen LogP contribution in [0.15, 0.2) is 30.5 Å². The number of carbonyl (C=O) groups excluding carboxylic acids is 1. The van der Waals surface area contributed by atoms with Crippen molar-refractivity contribution in [3.8, 4) is 0 Å². The van der Waals surface area contributed by atoms with Crippen molar-refractivity contribution < 1.29 is 4.79 Å². The topological polar surface area (TPSA) is 54.9 Å². The van der Waals surface area contributed by atoms with Crippen molar-refractivity contribution >= 4 is 11.6 Å². The Morgan fingerprint density at radius 2 is 1.88 bits per heavy atom. The van der Waals surface area contributed by atoms with E-state index in [4.69, 9.17) is 0 Å². The first-order valence-corrected chi connectivity index (χ1v) is 8.74. The number of anilines is 1.